The Hall–Kier alpha value is -1.45. The second-order valence-corrected chi connectivity index (χ2v) is 3.44. The summed E-state index contributed by atoms with van der Waals surface area (Å²) in [7, 11) is 0. The topological polar surface area (TPSA) is 30.2 Å². The van der Waals surface area contributed by atoms with Gasteiger partial charge in [-0.2, -0.15) is 0 Å². The number of hydrogen-bond donors (Lipinski definition) is 0. The van der Waals surface area contributed by atoms with E-state index in [0.29, 0.717) is 11.6 Å². The quantitative estimate of drug-likeness (QED) is 0.733. The Morgan fingerprint density at radius 1 is 1.43 bits per heavy atom. The molecule has 1 atom stereocenters. The third-order valence-electron chi connectivity index (χ3n) is 2.45. The number of hydrogen-bond acceptors (Lipinski definition) is 2. The largest absolute Gasteiger partial charge is 0.283 e. The molecule has 0 saturated heterocycles. The van der Waals surface area contributed by atoms with Crippen molar-refractivity contribution in [2.75, 3.05) is 0 Å². The van der Waals surface area contributed by atoms with Gasteiger partial charge in [0.25, 0.3) is 0 Å². The van der Waals surface area contributed by atoms with E-state index in [-0.39, 0.29) is 5.82 Å². The van der Waals surface area contributed by atoms with Crippen LogP contribution >= 0.6 is 0 Å². The van der Waals surface area contributed by atoms with Crippen molar-refractivity contribution in [1.29, 1.82) is 0 Å². The minimum atomic E-state index is -0.262. The van der Waals surface area contributed by atoms with Gasteiger partial charge < -0.3 is 0 Å². The molecule has 0 spiro atoms. The van der Waals surface area contributed by atoms with Crippen molar-refractivity contribution in [3.05, 3.63) is 30.0 Å². The molecule has 0 amide bonds. The van der Waals surface area contributed by atoms with Crippen LogP contribution in [0.2, 0.25) is 0 Å². The van der Waals surface area contributed by atoms with E-state index in [2.05, 4.69) is 24.0 Å². The minimum absolute atomic E-state index is 0.262. The van der Waals surface area contributed by atoms with E-state index in [1.807, 2.05) is 0 Å². The molecule has 4 heteroatoms. The molecule has 0 saturated carbocycles. The highest BCUT2D eigenvalue weighted by molar-refractivity contribution is 5.37. The fraction of sp³-hybridized carbons (Fsp3) is 0.400. The lowest BCUT2D eigenvalue weighted by molar-refractivity contribution is 0.610. The molecule has 0 unspecified atom stereocenters. The summed E-state index contributed by atoms with van der Waals surface area (Å²) in [5.41, 5.74) is 0.696. The highest BCUT2D eigenvalue weighted by Gasteiger charge is 2.11. The fourth-order valence-corrected chi connectivity index (χ4v) is 1.40. The summed E-state index contributed by atoms with van der Waals surface area (Å²) >= 11 is 0. The van der Waals surface area contributed by atoms with E-state index < -0.39 is 0 Å². The van der Waals surface area contributed by atoms with Crippen LogP contribution in [0.4, 0.5) is 4.39 Å². The van der Waals surface area contributed by atoms with Crippen LogP contribution in [0, 0.1) is 5.82 Å². The summed E-state index contributed by atoms with van der Waals surface area (Å²) in [5, 5.41) is 8.03. The monoisotopic (exact) mass is 193 g/mol. The Bertz CT molecular complexity index is 450. The van der Waals surface area contributed by atoms with Crippen molar-refractivity contribution in [3.8, 4) is 0 Å². The Balaban J connectivity index is 2.61. The van der Waals surface area contributed by atoms with Gasteiger partial charge in [0.05, 0.1) is 0 Å². The maximum Gasteiger partial charge on any atom is 0.160 e. The van der Waals surface area contributed by atoms with Gasteiger partial charge in [0.2, 0.25) is 0 Å². The SMILES string of the molecule is CC[C@H](C)c1nnc2ccc(F)cn12. The molecule has 74 valence electrons. The van der Waals surface area contributed by atoms with Gasteiger partial charge in [-0.1, -0.05) is 13.8 Å². The van der Waals surface area contributed by atoms with Crippen LogP contribution in [0.5, 0.6) is 0 Å². The van der Waals surface area contributed by atoms with Crippen molar-refractivity contribution in [2.45, 2.75) is 26.2 Å². The normalized spacial score (nSPS) is 13.4. The first-order valence-corrected chi connectivity index (χ1v) is 4.72. The van der Waals surface area contributed by atoms with Gasteiger partial charge in [0.15, 0.2) is 5.65 Å². The maximum atomic E-state index is 13.0. The molecule has 0 radical (unpaired) electrons. The molecule has 0 fully saturated rings. The van der Waals surface area contributed by atoms with Crippen molar-refractivity contribution in [1.82, 2.24) is 14.6 Å². The standard InChI is InChI=1S/C10H12FN3/c1-3-7(2)10-13-12-9-5-4-8(11)6-14(9)10/h4-7H,3H2,1-2H3/t7-/m0/s1. The summed E-state index contributed by atoms with van der Waals surface area (Å²) in [6.07, 6.45) is 2.40. The zero-order valence-corrected chi connectivity index (χ0v) is 8.24. The highest BCUT2D eigenvalue weighted by Crippen LogP contribution is 2.17. The number of rotatable bonds is 2. The van der Waals surface area contributed by atoms with E-state index >= 15 is 0 Å². The van der Waals surface area contributed by atoms with Crippen molar-refractivity contribution in [3.63, 3.8) is 0 Å². The molecule has 0 N–H and O–H groups in total. The molecule has 0 bridgehead atoms. The zero-order valence-electron chi connectivity index (χ0n) is 8.24. The molecular weight excluding hydrogens is 181 g/mol. The first kappa shape index (κ1) is 9.12. The lowest BCUT2D eigenvalue weighted by atomic mass is 10.1. The summed E-state index contributed by atoms with van der Waals surface area (Å²) in [4.78, 5) is 0. The van der Waals surface area contributed by atoms with Gasteiger partial charge in [0.1, 0.15) is 11.6 Å². The van der Waals surface area contributed by atoms with Crippen molar-refractivity contribution >= 4 is 5.65 Å². The lowest BCUT2D eigenvalue weighted by Gasteiger charge is -2.05. The first-order chi connectivity index (χ1) is 6.72. The van der Waals surface area contributed by atoms with E-state index in [1.165, 1.54) is 12.3 Å². The van der Waals surface area contributed by atoms with Gasteiger partial charge in [0, 0.05) is 12.1 Å². The molecule has 0 aliphatic heterocycles. The van der Waals surface area contributed by atoms with Gasteiger partial charge >= 0.3 is 0 Å². The van der Waals surface area contributed by atoms with Crippen LogP contribution < -0.4 is 0 Å². The number of pyridine rings is 1. The van der Waals surface area contributed by atoms with E-state index in [4.69, 9.17) is 0 Å². The van der Waals surface area contributed by atoms with Crippen LogP contribution in [0.1, 0.15) is 32.0 Å². The molecule has 2 aromatic rings. The smallest absolute Gasteiger partial charge is 0.160 e. The van der Waals surface area contributed by atoms with Gasteiger partial charge in [-0.3, -0.25) is 4.40 Å². The Labute approximate surface area is 81.6 Å². The molecule has 14 heavy (non-hydrogen) atoms. The Morgan fingerprint density at radius 3 is 2.93 bits per heavy atom. The molecule has 2 heterocycles. The van der Waals surface area contributed by atoms with Crippen LogP contribution in [0.15, 0.2) is 18.3 Å². The highest BCUT2D eigenvalue weighted by atomic mass is 19.1. The van der Waals surface area contributed by atoms with Crippen LogP contribution in [0.3, 0.4) is 0 Å². The zero-order chi connectivity index (χ0) is 10.1. The summed E-state index contributed by atoms with van der Waals surface area (Å²) < 4.78 is 14.7. The Morgan fingerprint density at radius 2 is 2.21 bits per heavy atom. The molecule has 2 aromatic heterocycles. The molecule has 0 aromatic carbocycles. The molecule has 0 aliphatic rings. The van der Waals surface area contributed by atoms with Crippen LogP contribution in [0.25, 0.3) is 5.65 Å². The van der Waals surface area contributed by atoms with Gasteiger partial charge in [-0.15, -0.1) is 10.2 Å². The van der Waals surface area contributed by atoms with E-state index in [0.717, 1.165) is 12.2 Å². The Kier molecular flexibility index (Phi) is 2.19. The van der Waals surface area contributed by atoms with E-state index in [9.17, 15) is 4.39 Å². The number of fused-ring (bicyclic) bond motifs is 1. The van der Waals surface area contributed by atoms with Gasteiger partial charge in [-0.25, -0.2) is 4.39 Å². The predicted octanol–water partition coefficient (Wildman–Crippen LogP) is 2.38. The second-order valence-electron chi connectivity index (χ2n) is 3.44. The molecular formula is C10H12FN3. The predicted molar refractivity (Wildman–Crippen MR) is 51.7 cm³/mol. The minimum Gasteiger partial charge on any atom is -0.283 e. The second kappa shape index (κ2) is 3.36. The fourth-order valence-electron chi connectivity index (χ4n) is 1.40. The number of aromatic nitrogens is 3. The molecule has 3 nitrogen and oxygen atoms in total. The number of halogens is 1. The first-order valence-electron chi connectivity index (χ1n) is 4.72. The van der Waals surface area contributed by atoms with Crippen LogP contribution in [-0.2, 0) is 0 Å². The maximum absolute atomic E-state index is 13.0. The summed E-state index contributed by atoms with van der Waals surface area (Å²) in [5.74, 6) is 0.857. The third-order valence-corrected chi connectivity index (χ3v) is 2.45. The average Bonchev–Trinajstić information content (AvgIpc) is 2.59. The van der Waals surface area contributed by atoms with Gasteiger partial charge in [-0.05, 0) is 18.6 Å². The van der Waals surface area contributed by atoms with E-state index in [1.54, 1.807) is 10.5 Å². The van der Waals surface area contributed by atoms with Crippen molar-refractivity contribution < 1.29 is 4.39 Å². The summed E-state index contributed by atoms with van der Waals surface area (Å²) in [6.45, 7) is 4.13. The molecule has 0 aliphatic carbocycles. The third kappa shape index (κ3) is 1.36. The van der Waals surface area contributed by atoms with Crippen LogP contribution in [-0.4, -0.2) is 14.6 Å². The molecule has 2 rings (SSSR count). The average molecular weight is 193 g/mol. The number of nitrogens with zero attached hydrogens (tertiary/aromatic N) is 3. The lowest BCUT2D eigenvalue weighted by Crippen LogP contribution is -1.99. The summed E-state index contributed by atoms with van der Waals surface area (Å²) in [6, 6.07) is 3.03. The van der Waals surface area contributed by atoms with Crippen molar-refractivity contribution in [2.24, 2.45) is 0 Å².